The molecule has 0 aromatic heterocycles. The molecule has 0 heterocycles. The second-order valence-corrected chi connectivity index (χ2v) is 12.5. The molecule has 0 bridgehead atoms. The van der Waals surface area contributed by atoms with Gasteiger partial charge < -0.3 is 30.5 Å². The summed E-state index contributed by atoms with van der Waals surface area (Å²) in [6, 6.07) is 33.6. The van der Waals surface area contributed by atoms with E-state index in [9.17, 15) is 24.3 Å². The summed E-state index contributed by atoms with van der Waals surface area (Å²) in [6.45, 7) is 0. The highest BCUT2D eigenvalue weighted by Crippen LogP contribution is 2.38. The van der Waals surface area contributed by atoms with Gasteiger partial charge in [-0.05, 0) is 72.3 Å². The number of carboxylic acids is 1. The Kier molecular flexibility index (Phi) is 12.1. The van der Waals surface area contributed by atoms with E-state index in [1.165, 1.54) is 50.3 Å². The van der Waals surface area contributed by atoms with Crippen molar-refractivity contribution in [1.29, 1.82) is 0 Å². The molecule has 0 aliphatic carbocycles. The summed E-state index contributed by atoms with van der Waals surface area (Å²) in [4.78, 5) is 52.9. The standard InChI is InChI=1S/C39H32ClN3O7S/c1-49-29-18-16-26(34(23-29)50-2)20-33(43-36(44)25-12-7-4-8-13-25)37(45)41-28-14-9-15-30(22-28)51-35(24-10-5-3-6-11-24)38(46)42-32-21-27(39(47)48)17-19-31(32)40/h3-23,35H,1-2H3,(H,41,45)(H,42,46)(H,43,44)(H,47,48)/b33-20+. The second-order valence-electron chi connectivity index (χ2n) is 10.9. The highest BCUT2D eigenvalue weighted by Gasteiger charge is 2.24. The molecule has 0 radical (unpaired) electrons. The zero-order valence-electron chi connectivity index (χ0n) is 27.4. The van der Waals surface area contributed by atoms with Crippen LogP contribution in [0.2, 0.25) is 5.02 Å². The number of methoxy groups -OCH3 is 2. The molecule has 1 unspecified atom stereocenters. The number of nitrogens with one attached hydrogen (secondary N) is 3. The number of hydrogen-bond acceptors (Lipinski definition) is 7. The molecule has 0 fully saturated rings. The van der Waals surface area contributed by atoms with Crippen molar-refractivity contribution < 1.29 is 33.8 Å². The molecule has 10 nitrogen and oxygen atoms in total. The van der Waals surface area contributed by atoms with E-state index in [1.807, 2.05) is 6.07 Å². The van der Waals surface area contributed by atoms with E-state index in [0.717, 1.165) is 0 Å². The van der Waals surface area contributed by atoms with Crippen molar-refractivity contribution in [3.8, 4) is 11.5 Å². The fourth-order valence-electron chi connectivity index (χ4n) is 4.87. The minimum Gasteiger partial charge on any atom is -0.497 e. The summed E-state index contributed by atoms with van der Waals surface area (Å²) in [5.74, 6) is -1.71. The maximum absolute atomic E-state index is 13.8. The van der Waals surface area contributed by atoms with Crippen LogP contribution in [-0.2, 0) is 9.59 Å². The lowest BCUT2D eigenvalue weighted by Gasteiger charge is -2.18. The molecule has 3 amide bonds. The van der Waals surface area contributed by atoms with E-state index in [4.69, 9.17) is 21.1 Å². The van der Waals surface area contributed by atoms with Gasteiger partial charge in [0.2, 0.25) is 5.91 Å². The average molecular weight is 722 g/mol. The molecule has 5 aromatic carbocycles. The van der Waals surface area contributed by atoms with Crippen molar-refractivity contribution >= 4 is 64.5 Å². The predicted molar refractivity (Wildman–Crippen MR) is 199 cm³/mol. The first-order valence-electron chi connectivity index (χ1n) is 15.4. The number of rotatable bonds is 13. The lowest BCUT2D eigenvalue weighted by molar-refractivity contribution is -0.116. The number of halogens is 1. The molecular weight excluding hydrogens is 690 g/mol. The van der Waals surface area contributed by atoms with Crippen molar-refractivity contribution in [2.24, 2.45) is 0 Å². The summed E-state index contributed by atoms with van der Waals surface area (Å²) < 4.78 is 10.8. The van der Waals surface area contributed by atoms with Gasteiger partial charge in [0, 0.05) is 27.8 Å². The van der Waals surface area contributed by atoms with E-state index in [1.54, 1.807) is 97.1 Å². The molecular formula is C39H32ClN3O7S. The largest absolute Gasteiger partial charge is 0.497 e. The Labute approximate surface area is 303 Å². The quantitative estimate of drug-likeness (QED) is 0.0709. The summed E-state index contributed by atoms with van der Waals surface area (Å²) in [6.07, 6.45) is 1.51. The normalized spacial score (nSPS) is 11.5. The highest BCUT2D eigenvalue weighted by molar-refractivity contribution is 8.00. The Balaban J connectivity index is 1.42. The first-order valence-corrected chi connectivity index (χ1v) is 16.7. The molecule has 0 aliphatic heterocycles. The second kappa shape index (κ2) is 17.1. The lowest BCUT2D eigenvalue weighted by atomic mass is 10.1. The summed E-state index contributed by atoms with van der Waals surface area (Å²) in [5, 5.41) is 17.2. The van der Waals surface area contributed by atoms with Gasteiger partial charge in [-0.2, -0.15) is 0 Å². The topological polar surface area (TPSA) is 143 Å². The smallest absolute Gasteiger partial charge is 0.335 e. The van der Waals surface area contributed by atoms with Crippen LogP contribution < -0.4 is 25.4 Å². The zero-order valence-corrected chi connectivity index (χ0v) is 29.0. The number of carbonyl (C=O) groups excluding carboxylic acids is 3. The van der Waals surface area contributed by atoms with Crippen LogP contribution in [0.15, 0.2) is 132 Å². The van der Waals surface area contributed by atoms with Crippen molar-refractivity contribution in [3.63, 3.8) is 0 Å². The van der Waals surface area contributed by atoms with Gasteiger partial charge in [-0.1, -0.05) is 66.2 Å². The molecule has 5 rings (SSSR count). The van der Waals surface area contributed by atoms with Crippen LogP contribution >= 0.6 is 23.4 Å². The lowest BCUT2D eigenvalue weighted by Crippen LogP contribution is -2.30. The van der Waals surface area contributed by atoms with Crippen LogP contribution in [0.1, 0.15) is 37.1 Å². The number of anilines is 2. The Morgan fingerprint density at radius 1 is 0.765 bits per heavy atom. The highest BCUT2D eigenvalue weighted by atomic mass is 35.5. The molecule has 51 heavy (non-hydrogen) atoms. The monoisotopic (exact) mass is 721 g/mol. The Morgan fingerprint density at radius 2 is 1.49 bits per heavy atom. The minimum absolute atomic E-state index is 0.0270. The molecule has 0 saturated carbocycles. The van der Waals surface area contributed by atoms with Crippen molar-refractivity contribution in [1.82, 2.24) is 5.32 Å². The number of benzene rings is 5. The summed E-state index contributed by atoms with van der Waals surface area (Å²) in [7, 11) is 3.02. The Bertz CT molecular complexity index is 2090. The molecule has 1 atom stereocenters. The van der Waals surface area contributed by atoms with Crippen LogP contribution in [-0.4, -0.2) is 43.0 Å². The number of ether oxygens (including phenoxy) is 2. The van der Waals surface area contributed by atoms with Gasteiger partial charge in [-0.15, -0.1) is 11.8 Å². The van der Waals surface area contributed by atoms with Gasteiger partial charge in [0.05, 0.1) is 30.5 Å². The number of thioether (sulfide) groups is 1. The molecule has 0 saturated heterocycles. The fourth-order valence-corrected chi connectivity index (χ4v) is 6.12. The van der Waals surface area contributed by atoms with Gasteiger partial charge in [0.1, 0.15) is 22.4 Å². The molecule has 258 valence electrons. The van der Waals surface area contributed by atoms with E-state index in [0.29, 0.717) is 38.8 Å². The minimum atomic E-state index is -1.16. The first-order chi connectivity index (χ1) is 24.6. The van der Waals surface area contributed by atoms with E-state index in [-0.39, 0.29) is 22.0 Å². The van der Waals surface area contributed by atoms with Gasteiger partial charge in [0.25, 0.3) is 11.8 Å². The molecule has 0 aliphatic rings. The van der Waals surface area contributed by atoms with Gasteiger partial charge in [0.15, 0.2) is 0 Å². The third-order valence-corrected chi connectivity index (χ3v) is 9.00. The maximum Gasteiger partial charge on any atom is 0.335 e. The average Bonchev–Trinajstić information content (AvgIpc) is 3.15. The third kappa shape index (κ3) is 9.56. The van der Waals surface area contributed by atoms with Crippen LogP contribution in [0.5, 0.6) is 11.5 Å². The molecule has 5 aromatic rings. The Morgan fingerprint density at radius 3 is 2.18 bits per heavy atom. The van der Waals surface area contributed by atoms with E-state index in [2.05, 4.69) is 16.0 Å². The third-order valence-electron chi connectivity index (χ3n) is 7.43. The maximum atomic E-state index is 13.8. The zero-order chi connectivity index (χ0) is 36.3. The van der Waals surface area contributed by atoms with Gasteiger partial charge >= 0.3 is 5.97 Å². The number of carbonyl (C=O) groups is 4. The van der Waals surface area contributed by atoms with Crippen LogP contribution in [0, 0.1) is 0 Å². The molecule has 0 spiro atoms. The van der Waals surface area contributed by atoms with Crippen molar-refractivity contribution in [3.05, 3.63) is 154 Å². The van der Waals surface area contributed by atoms with Crippen LogP contribution in [0.4, 0.5) is 11.4 Å². The van der Waals surface area contributed by atoms with E-state index < -0.39 is 28.9 Å². The summed E-state index contributed by atoms with van der Waals surface area (Å²) >= 11 is 7.52. The number of amides is 3. The fraction of sp³-hybridized carbons (Fsp3) is 0.0769. The van der Waals surface area contributed by atoms with E-state index >= 15 is 0 Å². The van der Waals surface area contributed by atoms with Gasteiger partial charge in [-0.3, -0.25) is 14.4 Å². The Hall–Kier alpha value is -6.04. The number of aromatic carboxylic acids is 1. The molecule has 12 heteroatoms. The van der Waals surface area contributed by atoms with Crippen LogP contribution in [0.25, 0.3) is 6.08 Å². The van der Waals surface area contributed by atoms with Crippen molar-refractivity contribution in [2.75, 3.05) is 24.9 Å². The first kappa shape index (κ1) is 36.2. The number of hydrogen-bond donors (Lipinski definition) is 4. The summed E-state index contributed by atoms with van der Waals surface area (Å²) in [5.41, 5.74) is 2.05. The van der Waals surface area contributed by atoms with Gasteiger partial charge in [-0.25, -0.2) is 4.79 Å². The SMILES string of the molecule is COc1ccc(/C=C(/NC(=O)c2ccccc2)C(=O)Nc2cccc(SC(C(=O)Nc3cc(C(=O)O)ccc3Cl)c3ccccc3)c2)c(OC)c1. The molecule has 4 N–H and O–H groups in total. The van der Waals surface area contributed by atoms with Crippen molar-refractivity contribution in [2.45, 2.75) is 10.1 Å². The van der Waals surface area contributed by atoms with Crippen LogP contribution in [0.3, 0.4) is 0 Å². The number of carboxylic acid groups (broad SMARTS) is 1. The predicted octanol–water partition coefficient (Wildman–Crippen LogP) is 7.94.